The topological polar surface area (TPSA) is 73.1 Å². The van der Waals surface area contributed by atoms with Gasteiger partial charge in [0.25, 0.3) is 0 Å². The van der Waals surface area contributed by atoms with Crippen molar-refractivity contribution in [1.82, 2.24) is 9.97 Å². The normalized spacial score (nSPS) is 10.1. The number of nitrogen functional groups attached to an aromatic ring is 1. The summed E-state index contributed by atoms with van der Waals surface area (Å²) in [5, 5.41) is 0.938. The molecule has 7 heteroatoms. The molecule has 0 bridgehead atoms. The van der Waals surface area contributed by atoms with Crippen molar-refractivity contribution in [1.29, 1.82) is 0 Å². The molecule has 0 aliphatic carbocycles. The van der Waals surface area contributed by atoms with Gasteiger partial charge in [0.05, 0.1) is 5.02 Å². The number of nitrogens with two attached hydrogens (primary N) is 1. The first-order chi connectivity index (χ1) is 8.19. The van der Waals surface area contributed by atoms with Gasteiger partial charge in [0, 0.05) is 11.1 Å². The van der Waals surface area contributed by atoms with Crippen LogP contribution >= 0.6 is 23.2 Å². The molecule has 0 spiro atoms. The molecule has 2 aromatic rings. The fourth-order valence-electron chi connectivity index (χ4n) is 1.14. The van der Waals surface area contributed by atoms with E-state index in [1.165, 1.54) is 6.33 Å². The minimum Gasteiger partial charge on any atom is -0.437 e. The van der Waals surface area contributed by atoms with Gasteiger partial charge in [0.1, 0.15) is 17.9 Å². The van der Waals surface area contributed by atoms with Gasteiger partial charge in [-0.3, -0.25) is 0 Å². The van der Waals surface area contributed by atoms with Crippen molar-refractivity contribution in [2.75, 3.05) is 5.43 Å². The molecule has 0 saturated carbocycles. The Labute approximate surface area is 108 Å². The zero-order valence-electron chi connectivity index (χ0n) is 8.52. The third kappa shape index (κ3) is 2.97. The van der Waals surface area contributed by atoms with Crippen molar-refractivity contribution >= 4 is 29.0 Å². The van der Waals surface area contributed by atoms with Crippen LogP contribution in [0, 0.1) is 0 Å². The average Bonchev–Trinajstić information content (AvgIpc) is 2.33. The van der Waals surface area contributed by atoms with Gasteiger partial charge in [-0.2, -0.15) is 0 Å². The van der Waals surface area contributed by atoms with Crippen LogP contribution in [-0.4, -0.2) is 9.97 Å². The first-order valence-electron chi connectivity index (χ1n) is 4.60. The number of halogens is 2. The second kappa shape index (κ2) is 5.18. The van der Waals surface area contributed by atoms with E-state index in [9.17, 15) is 0 Å². The number of hydrogen-bond acceptors (Lipinski definition) is 5. The molecule has 88 valence electrons. The predicted molar refractivity (Wildman–Crippen MR) is 66.4 cm³/mol. The highest BCUT2D eigenvalue weighted by Gasteiger charge is 2.05. The number of aromatic nitrogens is 2. The molecule has 1 aromatic carbocycles. The number of rotatable bonds is 3. The number of ether oxygens (including phenoxy) is 1. The second-order valence-electron chi connectivity index (χ2n) is 3.06. The lowest BCUT2D eigenvalue weighted by molar-refractivity contribution is 0.462. The maximum absolute atomic E-state index is 5.96. The van der Waals surface area contributed by atoms with E-state index in [4.69, 9.17) is 33.8 Å². The molecule has 1 heterocycles. The highest BCUT2D eigenvalue weighted by atomic mass is 35.5. The summed E-state index contributed by atoms with van der Waals surface area (Å²) in [5.74, 6) is 6.45. The summed E-state index contributed by atoms with van der Waals surface area (Å²) in [5.41, 5.74) is 2.39. The Kier molecular flexibility index (Phi) is 3.63. The van der Waals surface area contributed by atoms with E-state index in [0.717, 1.165) is 0 Å². The van der Waals surface area contributed by atoms with E-state index in [2.05, 4.69) is 15.4 Å². The van der Waals surface area contributed by atoms with Crippen LogP contribution in [0.1, 0.15) is 0 Å². The first kappa shape index (κ1) is 11.9. The van der Waals surface area contributed by atoms with Crippen LogP contribution in [0.4, 0.5) is 5.82 Å². The number of hydrazine groups is 1. The molecule has 0 aliphatic rings. The smallest absolute Gasteiger partial charge is 0.224 e. The van der Waals surface area contributed by atoms with Gasteiger partial charge >= 0.3 is 0 Å². The van der Waals surface area contributed by atoms with Gasteiger partial charge in [-0.1, -0.05) is 23.2 Å². The number of hydrogen-bond donors (Lipinski definition) is 2. The van der Waals surface area contributed by atoms with E-state index >= 15 is 0 Å². The monoisotopic (exact) mass is 270 g/mol. The van der Waals surface area contributed by atoms with E-state index < -0.39 is 0 Å². The maximum Gasteiger partial charge on any atom is 0.224 e. The Morgan fingerprint density at radius 2 is 2.00 bits per heavy atom. The van der Waals surface area contributed by atoms with Crippen LogP contribution < -0.4 is 16.0 Å². The summed E-state index contributed by atoms with van der Waals surface area (Å²) in [4.78, 5) is 7.78. The highest BCUT2D eigenvalue weighted by molar-refractivity contribution is 6.35. The Hall–Kier alpha value is -1.56. The molecule has 0 fully saturated rings. The molecule has 17 heavy (non-hydrogen) atoms. The largest absolute Gasteiger partial charge is 0.437 e. The Balaban J connectivity index is 2.25. The molecule has 0 amide bonds. The first-order valence-corrected chi connectivity index (χ1v) is 5.36. The Morgan fingerprint density at radius 3 is 2.71 bits per heavy atom. The molecular weight excluding hydrogens is 263 g/mol. The van der Waals surface area contributed by atoms with Crippen molar-refractivity contribution in [3.8, 4) is 11.6 Å². The van der Waals surface area contributed by atoms with E-state index in [1.54, 1.807) is 24.3 Å². The van der Waals surface area contributed by atoms with Crippen molar-refractivity contribution in [3.05, 3.63) is 40.6 Å². The van der Waals surface area contributed by atoms with Gasteiger partial charge in [-0.25, -0.2) is 15.8 Å². The van der Waals surface area contributed by atoms with Gasteiger partial charge < -0.3 is 10.2 Å². The number of nitrogens with zero attached hydrogens (tertiary/aromatic N) is 2. The molecule has 0 unspecified atom stereocenters. The molecule has 0 radical (unpaired) electrons. The lowest BCUT2D eigenvalue weighted by Gasteiger charge is -2.07. The standard InChI is InChI=1S/C10H8Cl2N4O/c11-6-1-2-8(7(12)3-6)17-10-4-9(16-13)14-5-15-10/h1-5H,13H2,(H,14,15,16). The van der Waals surface area contributed by atoms with Crippen LogP contribution in [0.25, 0.3) is 0 Å². The molecule has 2 rings (SSSR count). The highest BCUT2D eigenvalue weighted by Crippen LogP contribution is 2.30. The van der Waals surface area contributed by atoms with Crippen molar-refractivity contribution in [2.24, 2.45) is 5.84 Å². The second-order valence-corrected chi connectivity index (χ2v) is 3.91. The molecule has 5 nitrogen and oxygen atoms in total. The summed E-state index contributed by atoms with van der Waals surface area (Å²) in [7, 11) is 0. The van der Waals surface area contributed by atoms with Gasteiger partial charge in [0.2, 0.25) is 5.88 Å². The molecule has 0 aliphatic heterocycles. The fourth-order valence-corrected chi connectivity index (χ4v) is 1.59. The van der Waals surface area contributed by atoms with E-state index in [-0.39, 0.29) is 0 Å². The van der Waals surface area contributed by atoms with Crippen LogP contribution in [0.3, 0.4) is 0 Å². The molecular formula is C10H8Cl2N4O. The summed E-state index contributed by atoms with van der Waals surface area (Å²) in [6.45, 7) is 0. The number of nitrogens with one attached hydrogen (secondary N) is 1. The summed E-state index contributed by atoms with van der Waals surface area (Å²) >= 11 is 11.7. The molecule has 3 N–H and O–H groups in total. The van der Waals surface area contributed by atoms with Gasteiger partial charge in [-0.15, -0.1) is 0 Å². The van der Waals surface area contributed by atoms with Crippen LogP contribution in [-0.2, 0) is 0 Å². The quantitative estimate of drug-likeness (QED) is 0.663. The van der Waals surface area contributed by atoms with Crippen molar-refractivity contribution < 1.29 is 4.74 Å². The van der Waals surface area contributed by atoms with Gasteiger partial charge in [0.15, 0.2) is 0 Å². The predicted octanol–water partition coefficient (Wildman–Crippen LogP) is 2.86. The zero-order valence-corrected chi connectivity index (χ0v) is 10.0. The van der Waals surface area contributed by atoms with Crippen molar-refractivity contribution in [2.45, 2.75) is 0 Å². The fraction of sp³-hybridized carbons (Fsp3) is 0. The number of anilines is 1. The van der Waals surface area contributed by atoms with Crippen LogP contribution in [0.5, 0.6) is 11.6 Å². The Bertz CT molecular complexity index is 535. The SMILES string of the molecule is NNc1cc(Oc2ccc(Cl)cc2Cl)ncn1. The van der Waals surface area contributed by atoms with Gasteiger partial charge in [-0.05, 0) is 18.2 Å². The summed E-state index contributed by atoms with van der Waals surface area (Å²) < 4.78 is 5.47. The maximum atomic E-state index is 5.96. The molecule has 1 aromatic heterocycles. The number of benzene rings is 1. The Morgan fingerprint density at radius 1 is 1.18 bits per heavy atom. The average molecular weight is 271 g/mol. The van der Waals surface area contributed by atoms with E-state index in [0.29, 0.717) is 27.5 Å². The van der Waals surface area contributed by atoms with Crippen LogP contribution in [0.2, 0.25) is 10.0 Å². The van der Waals surface area contributed by atoms with Crippen LogP contribution in [0.15, 0.2) is 30.6 Å². The summed E-state index contributed by atoms with van der Waals surface area (Å²) in [6.07, 6.45) is 1.33. The minimum atomic E-state index is 0.331. The molecule has 0 atom stereocenters. The lowest BCUT2D eigenvalue weighted by atomic mass is 10.3. The van der Waals surface area contributed by atoms with E-state index in [1.807, 2.05) is 0 Å². The summed E-state index contributed by atoms with van der Waals surface area (Å²) in [6, 6.07) is 6.46. The minimum absolute atomic E-state index is 0.331. The third-order valence-electron chi connectivity index (χ3n) is 1.90. The lowest BCUT2D eigenvalue weighted by Crippen LogP contribution is -2.08. The zero-order chi connectivity index (χ0) is 12.3. The van der Waals surface area contributed by atoms with Crippen molar-refractivity contribution in [3.63, 3.8) is 0 Å². The third-order valence-corrected chi connectivity index (χ3v) is 2.43. The molecule has 0 saturated heterocycles.